The Kier molecular flexibility index (Phi) is 4.97. The van der Waals surface area contributed by atoms with Crippen LogP contribution in [0, 0.1) is 0 Å². The first-order chi connectivity index (χ1) is 9.99. The minimum Gasteiger partial charge on any atom is -0.489 e. The Balaban J connectivity index is 2.22. The van der Waals surface area contributed by atoms with E-state index in [4.69, 9.17) is 22.1 Å². The molecule has 0 fully saturated rings. The molecular weight excluding hydrogens is 284 g/mol. The van der Waals surface area contributed by atoms with E-state index in [1.165, 1.54) is 0 Å². The molecule has 0 aliphatic carbocycles. The van der Waals surface area contributed by atoms with Gasteiger partial charge < -0.3 is 15.8 Å². The first-order valence-electron chi connectivity index (χ1n) is 7.05. The Labute approximate surface area is 131 Å². The van der Waals surface area contributed by atoms with Crippen molar-refractivity contribution in [3.05, 3.63) is 53.1 Å². The molecule has 112 valence electrons. The van der Waals surface area contributed by atoms with Gasteiger partial charge in [-0.1, -0.05) is 35.9 Å². The molecule has 2 aromatic carbocycles. The van der Waals surface area contributed by atoms with Crippen LogP contribution in [0.2, 0.25) is 5.02 Å². The van der Waals surface area contributed by atoms with E-state index in [1.54, 1.807) is 0 Å². The maximum Gasteiger partial charge on any atom is 0.144 e. The number of nitrogen functional groups attached to an aromatic ring is 1. The SMILES string of the molecule is CC(C)Oc1cccc(NC(C)c2ccccc2Cl)c1N. The van der Waals surface area contributed by atoms with Gasteiger partial charge in [0.2, 0.25) is 0 Å². The molecule has 0 saturated carbocycles. The molecule has 0 spiro atoms. The maximum atomic E-state index is 6.23. The van der Waals surface area contributed by atoms with Crippen LogP contribution in [0.4, 0.5) is 11.4 Å². The third-order valence-electron chi connectivity index (χ3n) is 3.17. The predicted molar refractivity (Wildman–Crippen MR) is 90.1 cm³/mol. The number of hydrogen-bond donors (Lipinski definition) is 2. The Bertz CT molecular complexity index is 613. The quantitative estimate of drug-likeness (QED) is 0.774. The van der Waals surface area contributed by atoms with Gasteiger partial charge >= 0.3 is 0 Å². The molecule has 0 amide bonds. The van der Waals surface area contributed by atoms with Crippen LogP contribution in [0.5, 0.6) is 5.75 Å². The second-order valence-corrected chi connectivity index (χ2v) is 5.68. The maximum absolute atomic E-state index is 6.23. The number of benzene rings is 2. The minimum absolute atomic E-state index is 0.0512. The normalized spacial score (nSPS) is 12.2. The lowest BCUT2D eigenvalue weighted by Crippen LogP contribution is -2.11. The Morgan fingerprint density at radius 3 is 2.43 bits per heavy atom. The average Bonchev–Trinajstić information content (AvgIpc) is 2.43. The van der Waals surface area contributed by atoms with Gasteiger partial charge in [0.1, 0.15) is 5.75 Å². The van der Waals surface area contributed by atoms with Gasteiger partial charge in [-0.2, -0.15) is 0 Å². The molecule has 0 aliphatic heterocycles. The number of ether oxygens (including phenoxy) is 1. The predicted octanol–water partition coefficient (Wildman–Crippen LogP) is 4.88. The van der Waals surface area contributed by atoms with E-state index in [0.29, 0.717) is 11.4 Å². The van der Waals surface area contributed by atoms with E-state index in [0.717, 1.165) is 16.3 Å². The Morgan fingerprint density at radius 1 is 1.05 bits per heavy atom. The van der Waals surface area contributed by atoms with Crippen molar-refractivity contribution in [3.8, 4) is 5.75 Å². The van der Waals surface area contributed by atoms with Gasteiger partial charge in [0.05, 0.1) is 23.5 Å². The second-order valence-electron chi connectivity index (χ2n) is 5.27. The monoisotopic (exact) mass is 304 g/mol. The van der Waals surface area contributed by atoms with Crippen LogP contribution >= 0.6 is 11.6 Å². The molecule has 2 aromatic rings. The summed E-state index contributed by atoms with van der Waals surface area (Å²) in [7, 11) is 0. The van der Waals surface area contributed by atoms with Crippen molar-refractivity contribution in [2.24, 2.45) is 0 Å². The highest BCUT2D eigenvalue weighted by Gasteiger charge is 2.12. The van der Waals surface area contributed by atoms with Gasteiger partial charge in [-0.25, -0.2) is 0 Å². The van der Waals surface area contributed by atoms with Crippen molar-refractivity contribution in [1.29, 1.82) is 0 Å². The van der Waals surface area contributed by atoms with Crippen LogP contribution in [-0.2, 0) is 0 Å². The first kappa shape index (κ1) is 15.5. The van der Waals surface area contributed by atoms with Crippen molar-refractivity contribution in [2.45, 2.75) is 32.9 Å². The number of nitrogens with one attached hydrogen (secondary N) is 1. The van der Waals surface area contributed by atoms with Gasteiger partial charge in [-0.05, 0) is 44.5 Å². The van der Waals surface area contributed by atoms with Gasteiger partial charge in [0.15, 0.2) is 0 Å². The number of rotatable bonds is 5. The first-order valence-corrected chi connectivity index (χ1v) is 7.43. The van der Waals surface area contributed by atoms with E-state index in [-0.39, 0.29) is 12.1 Å². The molecular formula is C17H21ClN2O. The number of para-hydroxylation sites is 1. The summed E-state index contributed by atoms with van der Waals surface area (Å²) in [5, 5.41) is 4.13. The van der Waals surface area contributed by atoms with Crippen molar-refractivity contribution < 1.29 is 4.74 Å². The van der Waals surface area contributed by atoms with Crippen molar-refractivity contribution in [1.82, 2.24) is 0 Å². The fourth-order valence-electron chi connectivity index (χ4n) is 2.16. The van der Waals surface area contributed by atoms with Crippen molar-refractivity contribution in [2.75, 3.05) is 11.1 Å². The lowest BCUT2D eigenvalue weighted by Gasteiger charge is -2.20. The van der Waals surface area contributed by atoms with E-state index in [1.807, 2.05) is 56.3 Å². The third kappa shape index (κ3) is 3.82. The fraction of sp³-hybridized carbons (Fsp3) is 0.294. The summed E-state index contributed by atoms with van der Waals surface area (Å²) in [5.41, 5.74) is 8.68. The summed E-state index contributed by atoms with van der Waals surface area (Å²) in [6, 6.07) is 13.6. The van der Waals surface area contributed by atoms with Crippen molar-refractivity contribution >= 4 is 23.0 Å². The van der Waals surface area contributed by atoms with Crippen LogP contribution in [0.1, 0.15) is 32.4 Å². The van der Waals surface area contributed by atoms with Crippen LogP contribution in [0.3, 0.4) is 0 Å². The lowest BCUT2D eigenvalue weighted by molar-refractivity contribution is 0.244. The zero-order valence-corrected chi connectivity index (χ0v) is 13.3. The number of halogens is 1. The van der Waals surface area contributed by atoms with E-state index >= 15 is 0 Å². The number of nitrogens with two attached hydrogens (primary N) is 1. The summed E-state index contributed by atoms with van der Waals surface area (Å²) in [5.74, 6) is 0.696. The molecule has 0 bridgehead atoms. The van der Waals surface area contributed by atoms with E-state index < -0.39 is 0 Å². The van der Waals surface area contributed by atoms with Crippen LogP contribution in [0.25, 0.3) is 0 Å². The van der Waals surface area contributed by atoms with Crippen molar-refractivity contribution in [3.63, 3.8) is 0 Å². The highest BCUT2D eigenvalue weighted by molar-refractivity contribution is 6.31. The molecule has 0 saturated heterocycles. The summed E-state index contributed by atoms with van der Waals surface area (Å²) >= 11 is 6.23. The summed E-state index contributed by atoms with van der Waals surface area (Å²) < 4.78 is 5.71. The summed E-state index contributed by atoms with van der Waals surface area (Å²) in [6.45, 7) is 6.01. The average molecular weight is 305 g/mol. The minimum atomic E-state index is 0.0512. The molecule has 0 radical (unpaired) electrons. The van der Waals surface area contributed by atoms with Crippen LogP contribution in [-0.4, -0.2) is 6.10 Å². The Hall–Kier alpha value is -1.87. The topological polar surface area (TPSA) is 47.3 Å². The zero-order valence-electron chi connectivity index (χ0n) is 12.6. The van der Waals surface area contributed by atoms with Gasteiger partial charge in [-0.3, -0.25) is 0 Å². The van der Waals surface area contributed by atoms with Crippen LogP contribution < -0.4 is 15.8 Å². The number of anilines is 2. The highest BCUT2D eigenvalue weighted by atomic mass is 35.5. The van der Waals surface area contributed by atoms with Crippen LogP contribution in [0.15, 0.2) is 42.5 Å². The zero-order chi connectivity index (χ0) is 15.4. The molecule has 21 heavy (non-hydrogen) atoms. The lowest BCUT2D eigenvalue weighted by atomic mass is 10.1. The molecule has 2 rings (SSSR count). The molecule has 4 heteroatoms. The van der Waals surface area contributed by atoms with E-state index in [2.05, 4.69) is 12.2 Å². The second kappa shape index (κ2) is 6.72. The molecule has 3 nitrogen and oxygen atoms in total. The van der Waals surface area contributed by atoms with E-state index in [9.17, 15) is 0 Å². The molecule has 0 aliphatic rings. The summed E-state index contributed by atoms with van der Waals surface area (Å²) in [4.78, 5) is 0. The third-order valence-corrected chi connectivity index (χ3v) is 3.52. The van der Waals surface area contributed by atoms with Gasteiger partial charge in [-0.15, -0.1) is 0 Å². The molecule has 1 unspecified atom stereocenters. The summed E-state index contributed by atoms with van der Waals surface area (Å²) in [6.07, 6.45) is 0.0866. The van der Waals surface area contributed by atoms with Gasteiger partial charge in [0.25, 0.3) is 0 Å². The molecule has 3 N–H and O–H groups in total. The molecule has 1 atom stereocenters. The molecule has 0 heterocycles. The Morgan fingerprint density at radius 2 is 1.76 bits per heavy atom. The highest BCUT2D eigenvalue weighted by Crippen LogP contribution is 2.33. The fourth-order valence-corrected chi connectivity index (χ4v) is 2.46. The smallest absolute Gasteiger partial charge is 0.144 e. The molecule has 0 aromatic heterocycles. The largest absolute Gasteiger partial charge is 0.489 e. The number of hydrogen-bond acceptors (Lipinski definition) is 3. The van der Waals surface area contributed by atoms with Gasteiger partial charge in [0, 0.05) is 5.02 Å². The standard InChI is InChI=1S/C17H21ClN2O/c1-11(2)21-16-10-6-9-15(17(16)19)20-12(3)13-7-4-5-8-14(13)18/h4-12,20H,19H2,1-3H3.